The maximum Gasteiger partial charge on any atom is 0.267 e. The SMILES string of the molecule is CCN(CC)c1ccc(N/C=C(/C#N)C(=O)Nc2ccccc2Sc2ccccc2)c(C)c1. The van der Waals surface area contributed by atoms with Gasteiger partial charge >= 0.3 is 0 Å². The predicted molar refractivity (Wildman–Crippen MR) is 138 cm³/mol. The number of hydrogen-bond acceptors (Lipinski definition) is 5. The fourth-order valence-electron chi connectivity index (χ4n) is 3.36. The number of aryl methyl sites for hydroxylation is 1. The number of nitrogens with one attached hydrogen (secondary N) is 2. The summed E-state index contributed by atoms with van der Waals surface area (Å²) in [4.78, 5) is 17.1. The number of hydrogen-bond donors (Lipinski definition) is 2. The third kappa shape index (κ3) is 6.41. The molecule has 6 heteroatoms. The highest BCUT2D eigenvalue weighted by Gasteiger charge is 2.13. The molecule has 0 fully saturated rings. The van der Waals surface area contributed by atoms with Gasteiger partial charge < -0.3 is 15.5 Å². The van der Waals surface area contributed by atoms with E-state index in [1.807, 2.05) is 79.7 Å². The fraction of sp³-hybridized carbons (Fsp3) is 0.185. The Morgan fingerprint density at radius 3 is 2.36 bits per heavy atom. The average molecular weight is 457 g/mol. The first-order valence-electron chi connectivity index (χ1n) is 10.9. The summed E-state index contributed by atoms with van der Waals surface area (Å²) in [5.41, 5.74) is 3.71. The van der Waals surface area contributed by atoms with Gasteiger partial charge in [0.25, 0.3) is 5.91 Å². The molecule has 33 heavy (non-hydrogen) atoms. The lowest BCUT2D eigenvalue weighted by Gasteiger charge is -2.22. The summed E-state index contributed by atoms with van der Waals surface area (Å²) >= 11 is 1.56. The van der Waals surface area contributed by atoms with Crippen LogP contribution >= 0.6 is 11.8 Å². The minimum Gasteiger partial charge on any atom is -0.372 e. The Balaban J connectivity index is 1.73. The Bertz CT molecular complexity index is 1160. The third-order valence-electron chi connectivity index (χ3n) is 5.18. The molecule has 0 unspecified atom stereocenters. The molecule has 2 N–H and O–H groups in total. The Kier molecular flexibility index (Phi) is 8.56. The first-order valence-corrected chi connectivity index (χ1v) is 11.7. The van der Waals surface area contributed by atoms with Crippen molar-refractivity contribution in [1.29, 1.82) is 5.26 Å². The highest BCUT2D eigenvalue weighted by atomic mass is 32.2. The number of amides is 1. The highest BCUT2D eigenvalue weighted by Crippen LogP contribution is 2.33. The van der Waals surface area contributed by atoms with Crippen LogP contribution in [0.2, 0.25) is 0 Å². The molecule has 0 aliphatic rings. The van der Waals surface area contributed by atoms with Crippen LogP contribution in [0, 0.1) is 18.3 Å². The van der Waals surface area contributed by atoms with E-state index in [0.29, 0.717) is 5.69 Å². The summed E-state index contributed by atoms with van der Waals surface area (Å²) in [7, 11) is 0. The lowest BCUT2D eigenvalue weighted by Crippen LogP contribution is -2.21. The molecule has 0 saturated heterocycles. The van der Waals surface area contributed by atoms with Crippen LogP contribution < -0.4 is 15.5 Å². The van der Waals surface area contributed by atoms with Crippen molar-refractivity contribution in [1.82, 2.24) is 0 Å². The zero-order valence-electron chi connectivity index (χ0n) is 19.1. The minimum atomic E-state index is -0.455. The molecule has 3 rings (SSSR count). The first kappa shape index (κ1) is 24.0. The van der Waals surface area contributed by atoms with Crippen molar-refractivity contribution >= 4 is 34.7 Å². The van der Waals surface area contributed by atoms with Crippen molar-refractivity contribution < 1.29 is 4.79 Å². The molecule has 168 valence electrons. The number of carbonyl (C=O) groups excluding carboxylic acids is 1. The maximum atomic E-state index is 12.8. The molecule has 0 aromatic heterocycles. The largest absolute Gasteiger partial charge is 0.372 e. The van der Waals surface area contributed by atoms with Crippen molar-refractivity contribution in [3.8, 4) is 6.07 Å². The summed E-state index contributed by atoms with van der Waals surface area (Å²) in [6.45, 7) is 8.13. The molecule has 0 spiro atoms. The molecular weight excluding hydrogens is 428 g/mol. The summed E-state index contributed by atoms with van der Waals surface area (Å²) in [5.74, 6) is -0.455. The van der Waals surface area contributed by atoms with Crippen LogP contribution in [0.15, 0.2) is 94.4 Å². The van der Waals surface area contributed by atoms with E-state index in [4.69, 9.17) is 0 Å². The molecule has 1 amide bonds. The fourth-order valence-corrected chi connectivity index (χ4v) is 4.28. The highest BCUT2D eigenvalue weighted by molar-refractivity contribution is 7.99. The molecule has 0 aliphatic heterocycles. The van der Waals surface area contributed by atoms with Crippen LogP contribution in [0.3, 0.4) is 0 Å². The number of anilines is 3. The molecule has 3 aromatic rings. The molecule has 0 saturated carbocycles. The molecule has 5 nitrogen and oxygen atoms in total. The van der Waals surface area contributed by atoms with Crippen molar-refractivity contribution in [2.75, 3.05) is 28.6 Å². The van der Waals surface area contributed by atoms with Gasteiger partial charge in [-0.1, -0.05) is 42.1 Å². The number of nitrogens with zero attached hydrogens (tertiary/aromatic N) is 2. The summed E-state index contributed by atoms with van der Waals surface area (Å²) in [6.07, 6.45) is 1.46. The van der Waals surface area contributed by atoms with Gasteiger partial charge in [-0.3, -0.25) is 4.79 Å². The first-order chi connectivity index (χ1) is 16.0. The van der Waals surface area contributed by atoms with Gasteiger partial charge in [-0.2, -0.15) is 5.26 Å². The zero-order chi connectivity index (χ0) is 23.6. The Labute approximate surface area is 200 Å². The van der Waals surface area contributed by atoms with Crippen LogP contribution in [-0.4, -0.2) is 19.0 Å². The van der Waals surface area contributed by atoms with E-state index in [-0.39, 0.29) is 5.57 Å². The van der Waals surface area contributed by atoms with Gasteiger partial charge in [0.2, 0.25) is 0 Å². The monoisotopic (exact) mass is 456 g/mol. The number of carbonyl (C=O) groups is 1. The molecular formula is C27H28N4OS. The second-order valence-corrected chi connectivity index (χ2v) is 8.47. The van der Waals surface area contributed by atoms with Crippen molar-refractivity contribution in [3.63, 3.8) is 0 Å². The van der Waals surface area contributed by atoms with E-state index in [9.17, 15) is 10.1 Å². The van der Waals surface area contributed by atoms with Gasteiger partial charge in [0.05, 0.1) is 5.69 Å². The lowest BCUT2D eigenvalue weighted by molar-refractivity contribution is -0.112. The standard InChI is InChI=1S/C27H28N4OS/c1-4-31(5-2)22-15-16-24(20(3)17-22)29-19-21(18-28)27(32)30-25-13-9-10-14-26(25)33-23-11-7-6-8-12-23/h6-17,19,29H,4-5H2,1-3H3,(H,30,32)/b21-19-. The van der Waals surface area contributed by atoms with Crippen LogP contribution in [0.4, 0.5) is 17.1 Å². The Hall–Kier alpha value is -3.69. The zero-order valence-corrected chi connectivity index (χ0v) is 19.9. The lowest BCUT2D eigenvalue weighted by atomic mass is 10.1. The maximum absolute atomic E-state index is 12.8. The second-order valence-electron chi connectivity index (χ2n) is 7.35. The van der Waals surface area contributed by atoms with E-state index in [1.54, 1.807) is 11.8 Å². The number of benzene rings is 3. The minimum absolute atomic E-state index is 0.00161. The van der Waals surface area contributed by atoms with Crippen LogP contribution in [0.25, 0.3) is 0 Å². The number of para-hydroxylation sites is 1. The Morgan fingerprint density at radius 1 is 1.00 bits per heavy atom. The van der Waals surface area contributed by atoms with Gasteiger partial charge in [0.1, 0.15) is 11.6 Å². The Morgan fingerprint density at radius 2 is 1.70 bits per heavy atom. The number of nitriles is 1. The van der Waals surface area contributed by atoms with Crippen LogP contribution in [0.1, 0.15) is 19.4 Å². The van der Waals surface area contributed by atoms with E-state index >= 15 is 0 Å². The van der Waals surface area contributed by atoms with Crippen molar-refractivity contribution in [3.05, 3.63) is 90.1 Å². The molecule has 3 aromatic carbocycles. The number of rotatable bonds is 9. The summed E-state index contributed by atoms with van der Waals surface area (Å²) in [6, 6.07) is 25.6. The van der Waals surface area contributed by atoms with E-state index in [2.05, 4.69) is 35.4 Å². The molecule has 0 bridgehead atoms. The van der Waals surface area contributed by atoms with E-state index < -0.39 is 5.91 Å². The van der Waals surface area contributed by atoms with Crippen LogP contribution in [0.5, 0.6) is 0 Å². The molecule has 0 radical (unpaired) electrons. The summed E-state index contributed by atoms with van der Waals surface area (Å²) < 4.78 is 0. The van der Waals surface area contributed by atoms with Gasteiger partial charge in [-0.15, -0.1) is 0 Å². The van der Waals surface area contributed by atoms with Crippen molar-refractivity contribution in [2.45, 2.75) is 30.6 Å². The normalized spacial score (nSPS) is 10.9. The van der Waals surface area contributed by atoms with Gasteiger partial charge in [0, 0.05) is 40.5 Å². The van der Waals surface area contributed by atoms with Gasteiger partial charge in [-0.25, -0.2) is 0 Å². The third-order valence-corrected chi connectivity index (χ3v) is 6.27. The average Bonchev–Trinajstić information content (AvgIpc) is 2.83. The smallest absolute Gasteiger partial charge is 0.267 e. The predicted octanol–water partition coefficient (Wildman–Crippen LogP) is 6.45. The van der Waals surface area contributed by atoms with Gasteiger partial charge in [0.15, 0.2) is 0 Å². The van der Waals surface area contributed by atoms with Crippen molar-refractivity contribution in [2.24, 2.45) is 0 Å². The molecule has 0 heterocycles. The van der Waals surface area contributed by atoms with E-state index in [1.165, 1.54) is 6.20 Å². The van der Waals surface area contributed by atoms with Crippen LogP contribution in [-0.2, 0) is 4.79 Å². The molecule has 0 atom stereocenters. The van der Waals surface area contributed by atoms with Gasteiger partial charge in [-0.05, 0) is 68.8 Å². The second kappa shape index (κ2) is 11.8. The quantitative estimate of drug-likeness (QED) is 0.286. The molecule has 0 aliphatic carbocycles. The van der Waals surface area contributed by atoms with E-state index in [0.717, 1.165) is 39.8 Å². The topological polar surface area (TPSA) is 68.2 Å². The summed E-state index contributed by atoms with van der Waals surface area (Å²) in [5, 5.41) is 15.6.